The molecule has 0 saturated heterocycles. The summed E-state index contributed by atoms with van der Waals surface area (Å²) in [6.45, 7) is 2.01. The largest absolute Gasteiger partial charge is 0.410 e. The second kappa shape index (κ2) is 8.26. The van der Waals surface area contributed by atoms with Crippen molar-refractivity contribution in [2.75, 3.05) is 10.6 Å². The maximum Gasteiger partial charge on any atom is 0.410 e. The SMILES string of the molecule is CCc1ccc(NC(=O)c2nn3c(c2Cl)N[C@@H](c2ccccc2)C[C@@H]3C(F)(F)F)cc1. The van der Waals surface area contributed by atoms with Gasteiger partial charge in [-0.15, -0.1) is 0 Å². The van der Waals surface area contributed by atoms with E-state index in [1.807, 2.05) is 19.1 Å². The Balaban J connectivity index is 1.67. The second-order valence-electron chi connectivity index (χ2n) is 7.36. The number of aryl methyl sites for hydroxylation is 1. The van der Waals surface area contributed by atoms with Crippen LogP contribution in [-0.2, 0) is 6.42 Å². The molecule has 5 nitrogen and oxygen atoms in total. The number of nitrogens with one attached hydrogen (secondary N) is 2. The first kappa shape index (κ1) is 21.2. The average molecular weight is 449 g/mol. The van der Waals surface area contributed by atoms with Crippen LogP contribution >= 0.6 is 11.6 Å². The molecule has 0 spiro atoms. The third kappa shape index (κ3) is 4.25. The van der Waals surface area contributed by atoms with Crippen LogP contribution in [0.25, 0.3) is 0 Å². The number of anilines is 2. The predicted octanol–water partition coefficient (Wildman–Crippen LogP) is 6.01. The number of benzene rings is 2. The minimum Gasteiger partial charge on any atom is -0.362 e. The van der Waals surface area contributed by atoms with E-state index in [-0.39, 0.29) is 23.0 Å². The third-order valence-corrected chi connectivity index (χ3v) is 5.69. The van der Waals surface area contributed by atoms with E-state index in [4.69, 9.17) is 11.6 Å². The minimum atomic E-state index is -4.55. The number of carbonyl (C=O) groups excluding carboxylic acids is 1. The van der Waals surface area contributed by atoms with Crippen molar-refractivity contribution in [3.8, 4) is 0 Å². The molecule has 162 valence electrons. The zero-order valence-electron chi connectivity index (χ0n) is 16.6. The Labute approximate surface area is 182 Å². The van der Waals surface area contributed by atoms with Gasteiger partial charge in [-0.3, -0.25) is 4.79 Å². The Morgan fingerprint density at radius 2 is 1.87 bits per heavy atom. The summed E-state index contributed by atoms with van der Waals surface area (Å²) < 4.78 is 42.3. The first-order valence-electron chi connectivity index (χ1n) is 9.84. The van der Waals surface area contributed by atoms with Crippen LogP contribution in [0.4, 0.5) is 24.7 Å². The summed E-state index contributed by atoms with van der Waals surface area (Å²) in [7, 11) is 0. The molecule has 1 aliphatic heterocycles. The van der Waals surface area contributed by atoms with Crippen LogP contribution in [0, 0.1) is 0 Å². The molecule has 2 aromatic carbocycles. The fourth-order valence-electron chi connectivity index (χ4n) is 3.65. The number of fused-ring (bicyclic) bond motifs is 1. The number of alkyl halides is 3. The van der Waals surface area contributed by atoms with Gasteiger partial charge in [0.15, 0.2) is 11.7 Å². The molecule has 3 aromatic rings. The molecule has 31 heavy (non-hydrogen) atoms. The number of rotatable bonds is 4. The molecule has 0 saturated carbocycles. The minimum absolute atomic E-state index is 0.0180. The Morgan fingerprint density at radius 1 is 1.19 bits per heavy atom. The quantitative estimate of drug-likeness (QED) is 0.513. The van der Waals surface area contributed by atoms with Gasteiger partial charge in [0, 0.05) is 12.1 Å². The Kier molecular flexibility index (Phi) is 5.66. The molecular weight excluding hydrogens is 429 g/mol. The maximum absolute atomic E-state index is 13.8. The highest BCUT2D eigenvalue weighted by atomic mass is 35.5. The Hall–Kier alpha value is -3.00. The van der Waals surface area contributed by atoms with Crippen molar-refractivity contribution in [2.45, 2.75) is 38.0 Å². The smallest absolute Gasteiger partial charge is 0.362 e. The maximum atomic E-state index is 13.8. The molecule has 0 fully saturated rings. The van der Waals surface area contributed by atoms with Gasteiger partial charge in [-0.1, -0.05) is 61.0 Å². The van der Waals surface area contributed by atoms with Gasteiger partial charge in [-0.2, -0.15) is 18.3 Å². The molecule has 0 unspecified atom stereocenters. The fourth-order valence-corrected chi connectivity index (χ4v) is 3.92. The highest BCUT2D eigenvalue weighted by Gasteiger charge is 2.47. The molecule has 1 aliphatic rings. The summed E-state index contributed by atoms with van der Waals surface area (Å²) in [4.78, 5) is 12.7. The van der Waals surface area contributed by atoms with Crippen molar-refractivity contribution >= 4 is 29.0 Å². The number of nitrogens with zero attached hydrogens (tertiary/aromatic N) is 2. The van der Waals surface area contributed by atoms with Crippen LogP contribution in [0.2, 0.25) is 5.02 Å². The Morgan fingerprint density at radius 3 is 2.48 bits per heavy atom. The van der Waals surface area contributed by atoms with Gasteiger partial charge in [0.25, 0.3) is 5.91 Å². The summed E-state index contributed by atoms with van der Waals surface area (Å²) in [6.07, 6.45) is -3.97. The molecule has 2 heterocycles. The van der Waals surface area contributed by atoms with E-state index in [0.29, 0.717) is 11.3 Å². The van der Waals surface area contributed by atoms with Crippen LogP contribution in [0.5, 0.6) is 0 Å². The second-order valence-corrected chi connectivity index (χ2v) is 7.74. The van der Waals surface area contributed by atoms with Crippen LogP contribution in [-0.4, -0.2) is 21.9 Å². The van der Waals surface area contributed by atoms with E-state index in [9.17, 15) is 18.0 Å². The normalized spacial score (nSPS) is 18.2. The zero-order valence-corrected chi connectivity index (χ0v) is 17.3. The molecule has 0 radical (unpaired) electrons. The number of aromatic nitrogens is 2. The van der Waals surface area contributed by atoms with Gasteiger partial charge in [0.1, 0.15) is 10.8 Å². The molecular formula is C22H20ClF3N4O. The highest BCUT2D eigenvalue weighted by Crippen LogP contribution is 2.46. The molecule has 0 aliphatic carbocycles. The summed E-state index contributed by atoms with van der Waals surface area (Å²) in [6, 6.07) is 13.5. The van der Waals surface area contributed by atoms with Gasteiger partial charge in [-0.05, 0) is 29.7 Å². The number of carbonyl (C=O) groups is 1. The van der Waals surface area contributed by atoms with Gasteiger partial charge < -0.3 is 10.6 Å². The van der Waals surface area contributed by atoms with Crippen molar-refractivity contribution in [3.63, 3.8) is 0 Å². The van der Waals surface area contributed by atoms with Crippen LogP contribution in [0.3, 0.4) is 0 Å². The van der Waals surface area contributed by atoms with E-state index in [0.717, 1.165) is 16.7 Å². The van der Waals surface area contributed by atoms with Gasteiger partial charge in [-0.25, -0.2) is 4.68 Å². The molecule has 4 rings (SSSR count). The average Bonchev–Trinajstić information content (AvgIpc) is 3.10. The summed E-state index contributed by atoms with van der Waals surface area (Å²) in [5, 5.41) is 9.48. The fraction of sp³-hybridized carbons (Fsp3) is 0.273. The lowest BCUT2D eigenvalue weighted by Crippen LogP contribution is -2.35. The van der Waals surface area contributed by atoms with E-state index in [2.05, 4.69) is 15.7 Å². The third-order valence-electron chi connectivity index (χ3n) is 5.33. The van der Waals surface area contributed by atoms with E-state index in [1.165, 1.54) is 0 Å². The number of hydrogen-bond donors (Lipinski definition) is 2. The molecule has 9 heteroatoms. The first-order chi connectivity index (χ1) is 14.8. The van der Waals surface area contributed by atoms with Crippen LogP contribution in [0.15, 0.2) is 54.6 Å². The summed E-state index contributed by atoms with van der Waals surface area (Å²) in [5.41, 5.74) is 2.04. The molecule has 2 atom stereocenters. The van der Waals surface area contributed by atoms with E-state index >= 15 is 0 Å². The van der Waals surface area contributed by atoms with Gasteiger partial charge in [0.2, 0.25) is 0 Å². The first-order valence-corrected chi connectivity index (χ1v) is 10.2. The number of halogens is 4. The van der Waals surface area contributed by atoms with Crippen LogP contribution in [0.1, 0.15) is 47.0 Å². The summed E-state index contributed by atoms with van der Waals surface area (Å²) in [5.74, 6) is -0.689. The monoisotopic (exact) mass is 448 g/mol. The molecule has 0 bridgehead atoms. The zero-order chi connectivity index (χ0) is 22.2. The van der Waals surface area contributed by atoms with Crippen molar-refractivity contribution < 1.29 is 18.0 Å². The standard InChI is InChI=1S/C22H20ClF3N4O/c1-2-13-8-10-15(11-9-13)27-21(31)19-18(23)20-28-16(14-6-4-3-5-7-14)12-17(22(24,25)26)30(20)29-19/h3-11,16-17,28H,2,12H2,1H3,(H,27,31)/t16-,17-/m1/s1. The molecule has 1 amide bonds. The van der Waals surface area contributed by atoms with Crippen molar-refractivity contribution in [3.05, 3.63) is 76.4 Å². The van der Waals surface area contributed by atoms with E-state index < -0.39 is 24.2 Å². The number of amides is 1. The van der Waals surface area contributed by atoms with Gasteiger partial charge in [0.05, 0.1) is 6.04 Å². The van der Waals surface area contributed by atoms with Crippen molar-refractivity contribution in [1.29, 1.82) is 0 Å². The highest BCUT2D eigenvalue weighted by molar-refractivity contribution is 6.36. The van der Waals surface area contributed by atoms with Crippen molar-refractivity contribution in [1.82, 2.24) is 9.78 Å². The lowest BCUT2D eigenvalue weighted by atomic mass is 9.97. The Bertz CT molecular complexity index is 1080. The predicted molar refractivity (Wildman–Crippen MR) is 114 cm³/mol. The lowest BCUT2D eigenvalue weighted by molar-refractivity contribution is -0.173. The molecule has 1 aromatic heterocycles. The lowest BCUT2D eigenvalue weighted by Gasteiger charge is -2.33. The van der Waals surface area contributed by atoms with E-state index in [1.54, 1.807) is 42.5 Å². The van der Waals surface area contributed by atoms with Crippen LogP contribution < -0.4 is 10.6 Å². The van der Waals surface area contributed by atoms with Crippen molar-refractivity contribution in [2.24, 2.45) is 0 Å². The summed E-state index contributed by atoms with van der Waals surface area (Å²) >= 11 is 6.35. The molecule has 2 N–H and O–H groups in total. The number of hydrogen-bond acceptors (Lipinski definition) is 3. The topological polar surface area (TPSA) is 59.0 Å². The van der Waals surface area contributed by atoms with Gasteiger partial charge >= 0.3 is 6.18 Å².